The molecule has 118 valence electrons. The first-order valence-electron chi connectivity index (χ1n) is 7.87. The lowest BCUT2D eigenvalue weighted by Gasteiger charge is -2.23. The molecule has 1 atom stereocenters. The fourth-order valence-corrected chi connectivity index (χ4v) is 2.69. The molecule has 1 aromatic carbocycles. The van der Waals surface area contributed by atoms with Gasteiger partial charge in [0.15, 0.2) is 6.10 Å². The normalized spacial score (nSPS) is 20.3. The Labute approximate surface area is 130 Å². The first-order chi connectivity index (χ1) is 10.7. The Bertz CT molecular complexity index is 564. The second kappa shape index (κ2) is 6.38. The molecule has 1 saturated carbocycles. The zero-order chi connectivity index (χ0) is 15.5. The number of ether oxygens (including phenoxy) is 1. The van der Waals surface area contributed by atoms with Gasteiger partial charge in [-0.1, -0.05) is 5.16 Å². The van der Waals surface area contributed by atoms with Crippen LogP contribution in [-0.4, -0.2) is 42.8 Å². The van der Waals surface area contributed by atoms with Gasteiger partial charge < -0.3 is 14.5 Å². The molecule has 0 N–H and O–H groups in total. The number of carbonyl (C=O) groups is 1. The summed E-state index contributed by atoms with van der Waals surface area (Å²) < 4.78 is 5.16. The molecule has 22 heavy (non-hydrogen) atoms. The number of amides is 1. The van der Waals surface area contributed by atoms with Crippen molar-refractivity contribution in [2.24, 2.45) is 11.1 Å². The Morgan fingerprint density at radius 3 is 2.68 bits per heavy atom. The lowest BCUT2D eigenvalue weighted by atomic mass is 10.0. The Morgan fingerprint density at radius 2 is 2.09 bits per heavy atom. The average Bonchev–Trinajstić information content (AvgIpc) is 3.31. The molecule has 1 aromatic rings. The van der Waals surface area contributed by atoms with E-state index in [9.17, 15) is 4.79 Å². The first-order valence-corrected chi connectivity index (χ1v) is 7.87. The highest BCUT2D eigenvalue weighted by molar-refractivity contribution is 6.01. The number of nitrogens with zero attached hydrogens (tertiary/aromatic N) is 2. The van der Waals surface area contributed by atoms with Crippen molar-refractivity contribution in [2.75, 3.05) is 20.2 Å². The van der Waals surface area contributed by atoms with E-state index >= 15 is 0 Å². The van der Waals surface area contributed by atoms with Gasteiger partial charge in [0, 0.05) is 18.9 Å². The van der Waals surface area contributed by atoms with Gasteiger partial charge in [-0.05, 0) is 49.6 Å². The van der Waals surface area contributed by atoms with Crippen molar-refractivity contribution in [1.82, 2.24) is 4.90 Å². The van der Waals surface area contributed by atoms with Crippen LogP contribution in [0.1, 0.15) is 31.7 Å². The van der Waals surface area contributed by atoms with Crippen molar-refractivity contribution in [2.45, 2.75) is 32.3 Å². The van der Waals surface area contributed by atoms with Gasteiger partial charge in [-0.2, -0.15) is 0 Å². The van der Waals surface area contributed by atoms with Crippen LogP contribution in [0.4, 0.5) is 0 Å². The molecule has 1 heterocycles. The maximum atomic E-state index is 12.2. The van der Waals surface area contributed by atoms with E-state index in [1.54, 1.807) is 7.11 Å². The SMILES string of the molecule is CCN(C[C@H]1CC(c2ccc(OC)cc2)=NO1)C(=O)C1CC1. The standard InChI is InChI=1S/C17H22N2O3/c1-3-19(17(20)13-4-5-13)11-15-10-16(18-22-15)12-6-8-14(21-2)9-7-12/h6-9,13,15H,3-5,10-11H2,1-2H3/t15-/m1/s1. The van der Waals surface area contributed by atoms with Crippen LogP contribution in [-0.2, 0) is 9.63 Å². The van der Waals surface area contributed by atoms with Crippen molar-refractivity contribution >= 4 is 11.6 Å². The molecule has 0 bridgehead atoms. The first kappa shape index (κ1) is 14.9. The maximum absolute atomic E-state index is 12.2. The minimum Gasteiger partial charge on any atom is -0.497 e. The monoisotopic (exact) mass is 302 g/mol. The second-order valence-corrected chi connectivity index (χ2v) is 5.85. The van der Waals surface area contributed by atoms with Crippen LogP contribution in [0.15, 0.2) is 29.4 Å². The number of hydrogen-bond acceptors (Lipinski definition) is 4. The zero-order valence-electron chi connectivity index (χ0n) is 13.1. The summed E-state index contributed by atoms with van der Waals surface area (Å²) in [6.45, 7) is 3.36. The van der Waals surface area contributed by atoms with Crippen LogP contribution in [0, 0.1) is 5.92 Å². The molecule has 0 radical (unpaired) electrons. The molecule has 1 amide bonds. The maximum Gasteiger partial charge on any atom is 0.225 e. The second-order valence-electron chi connectivity index (χ2n) is 5.85. The Hall–Kier alpha value is -2.04. The van der Waals surface area contributed by atoms with Gasteiger partial charge >= 0.3 is 0 Å². The van der Waals surface area contributed by atoms with E-state index < -0.39 is 0 Å². The molecular weight excluding hydrogens is 280 g/mol. The smallest absolute Gasteiger partial charge is 0.225 e. The fourth-order valence-electron chi connectivity index (χ4n) is 2.69. The van der Waals surface area contributed by atoms with Crippen LogP contribution in [0.3, 0.4) is 0 Å². The van der Waals surface area contributed by atoms with E-state index in [-0.39, 0.29) is 17.9 Å². The molecule has 5 nitrogen and oxygen atoms in total. The summed E-state index contributed by atoms with van der Waals surface area (Å²) in [4.78, 5) is 19.6. The summed E-state index contributed by atoms with van der Waals surface area (Å²) in [6.07, 6.45) is 2.77. The molecule has 1 aliphatic heterocycles. The number of carbonyl (C=O) groups excluding carboxylic acids is 1. The van der Waals surface area contributed by atoms with Crippen molar-refractivity contribution in [3.63, 3.8) is 0 Å². The summed E-state index contributed by atoms with van der Waals surface area (Å²) in [5, 5.41) is 4.19. The van der Waals surface area contributed by atoms with Crippen LogP contribution in [0.25, 0.3) is 0 Å². The van der Waals surface area contributed by atoms with E-state index in [1.165, 1.54) is 0 Å². The van der Waals surface area contributed by atoms with Crippen LogP contribution in [0.2, 0.25) is 0 Å². The van der Waals surface area contributed by atoms with E-state index in [0.29, 0.717) is 6.54 Å². The van der Waals surface area contributed by atoms with Gasteiger partial charge in [0.1, 0.15) is 5.75 Å². The summed E-state index contributed by atoms with van der Waals surface area (Å²) in [5.41, 5.74) is 1.97. The number of likely N-dealkylation sites (N-methyl/N-ethyl adjacent to an activating group) is 1. The summed E-state index contributed by atoms with van der Waals surface area (Å²) in [5.74, 6) is 1.35. The molecule has 2 aliphatic rings. The molecule has 1 aliphatic carbocycles. The number of rotatable bonds is 6. The Morgan fingerprint density at radius 1 is 1.36 bits per heavy atom. The Kier molecular flexibility index (Phi) is 4.32. The summed E-state index contributed by atoms with van der Waals surface area (Å²) in [7, 11) is 1.65. The van der Waals surface area contributed by atoms with Gasteiger partial charge in [-0.25, -0.2) is 0 Å². The number of benzene rings is 1. The highest BCUT2D eigenvalue weighted by Crippen LogP contribution is 2.31. The minimum absolute atomic E-state index is 0.0419. The molecule has 0 unspecified atom stereocenters. The minimum atomic E-state index is -0.0419. The third-order valence-corrected chi connectivity index (χ3v) is 4.20. The molecule has 0 saturated heterocycles. The molecule has 1 fully saturated rings. The van der Waals surface area contributed by atoms with Crippen LogP contribution in [0.5, 0.6) is 5.75 Å². The van der Waals surface area contributed by atoms with Crippen LogP contribution < -0.4 is 4.74 Å². The van der Waals surface area contributed by atoms with Gasteiger partial charge in [0.25, 0.3) is 0 Å². The van der Waals surface area contributed by atoms with Crippen LogP contribution >= 0.6 is 0 Å². The number of oxime groups is 1. The molecule has 3 rings (SSSR count). The van der Waals surface area contributed by atoms with Gasteiger partial charge in [0.2, 0.25) is 5.91 Å². The highest BCUT2D eigenvalue weighted by atomic mass is 16.6. The number of methoxy groups -OCH3 is 1. The topological polar surface area (TPSA) is 51.1 Å². The van der Waals surface area contributed by atoms with E-state index in [4.69, 9.17) is 9.57 Å². The van der Waals surface area contributed by atoms with E-state index in [1.807, 2.05) is 36.1 Å². The predicted molar refractivity (Wildman–Crippen MR) is 84.0 cm³/mol. The number of hydrogen-bond donors (Lipinski definition) is 0. The Balaban J connectivity index is 1.57. The molecular formula is C17H22N2O3. The molecule has 5 heteroatoms. The van der Waals surface area contributed by atoms with Gasteiger partial charge in [-0.3, -0.25) is 4.79 Å². The summed E-state index contributed by atoms with van der Waals surface area (Å²) >= 11 is 0. The van der Waals surface area contributed by atoms with Gasteiger partial charge in [-0.15, -0.1) is 0 Å². The van der Waals surface area contributed by atoms with Crippen molar-refractivity contribution in [1.29, 1.82) is 0 Å². The average molecular weight is 302 g/mol. The lowest BCUT2D eigenvalue weighted by Crippen LogP contribution is -2.38. The van der Waals surface area contributed by atoms with E-state index in [2.05, 4.69) is 5.16 Å². The highest BCUT2D eigenvalue weighted by Gasteiger charge is 2.34. The zero-order valence-corrected chi connectivity index (χ0v) is 13.1. The molecule has 0 aromatic heterocycles. The van der Waals surface area contributed by atoms with Gasteiger partial charge in [0.05, 0.1) is 19.4 Å². The third kappa shape index (κ3) is 3.24. The fraction of sp³-hybridized carbons (Fsp3) is 0.529. The van der Waals surface area contributed by atoms with Crippen molar-refractivity contribution in [3.8, 4) is 5.75 Å². The van der Waals surface area contributed by atoms with Crippen molar-refractivity contribution in [3.05, 3.63) is 29.8 Å². The third-order valence-electron chi connectivity index (χ3n) is 4.20. The largest absolute Gasteiger partial charge is 0.497 e. The molecule has 0 spiro atoms. The van der Waals surface area contributed by atoms with E-state index in [0.717, 1.165) is 42.8 Å². The quantitative estimate of drug-likeness (QED) is 0.811. The predicted octanol–water partition coefficient (Wildman–Crippen LogP) is 2.45. The van der Waals surface area contributed by atoms with Crippen molar-refractivity contribution < 1.29 is 14.4 Å². The lowest BCUT2D eigenvalue weighted by molar-refractivity contribution is -0.134. The summed E-state index contributed by atoms with van der Waals surface area (Å²) in [6, 6.07) is 7.80.